The molecule has 0 aliphatic rings. The Morgan fingerprint density at radius 1 is 1.17 bits per heavy atom. The summed E-state index contributed by atoms with van der Waals surface area (Å²) in [6.45, 7) is 8.05. The zero-order valence-electron chi connectivity index (χ0n) is 14.4. The van der Waals surface area contributed by atoms with Crippen molar-refractivity contribution in [1.82, 2.24) is 10.2 Å². The lowest BCUT2D eigenvalue weighted by molar-refractivity contribution is -0.141. The Hall–Kier alpha value is -1.55. The molecule has 0 unspecified atom stereocenters. The van der Waals surface area contributed by atoms with Gasteiger partial charge < -0.3 is 10.2 Å². The average Bonchev–Trinajstić information content (AvgIpc) is 2.55. The number of hydrogen-bond acceptors (Lipinski definition) is 2. The van der Waals surface area contributed by atoms with Crippen molar-refractivity contribution in [3.05, 3.63) is 34.9 Å². The lowest BCUT2D eigenvalue weighted by Crippen LogP contribution is -2.50. The summed E-state index contributed by atoms with van der Waals surface area (Å²) in [7, 11) is 0. The Kier molecular flexibility index (Phi) is 8.10. The molecule has 1 aromatic rings. The lowest BCUT2D eigenvalue weighted by Gasteiger charge is -2.31. The molecule has 0 radical (unpaired) electrons. The van der Waals surface area contributed by atoms with Gasteiger partial charge in [-0.15, -0.1) is 0 Å². The van der Waals surface area contributed by atoms with Gasteiger partial charge in [0, 0.05) is 24.0 Å². The van der Waals surface area contributed by atoms with Crippen LogP contribution >= 0.6 is 11.6 Å². The molecule has 1 N–H and O–H groups in total. The van der Waals surface area contributed by atoms with E-state index in [9.17, 15) is 9.59 Å². The van der Waals surface area contributed by atoms with Gasteiger partial charge in [-0.25, -0.2) is 0 Å². The van der Waals surface area contributed by atoms with E-state index in [0.717, 1.165) is 12.0 Å². The second kappa shape index (κ2) is 9.56. The minimum Gasteiger partial charge on any atom is -0.352 e. The van der Waals surface area contributed by atoms with Crippen LogP contribution in [0, 0.1) is 0 Å². The van der Waals surface area contributed by atoms with Gasteiger partial charge in [0.2, 0.25) is 11.8 Å². The van der Waals surface area contributed by atoms with Crippen LogP contribution in [0.2, 0.25) is 5.02 Å². The predicted molar refractivity (Wildman–Crippen MR) is 94.3 cm³/mol. The highest BCUT2D eigenvalue weighted by Gasteiger charge is 2.28. The summed E-state index contributed by atoms with van der Waals surface area (Å²) in [6, 6.07) is 7.03. The molecule has 128 valence electrons. The quantitative estimate of drug-likeness (QED) is 0.784. The normalized spacial score (nSPS) is 13.3. The van der Waals surface area contributed by atoms with Gasteiger partial charge in [0.15, 0.2) is 0 Å². The van der Waals surface area contributed by atoms with E-state index in [2.05, 4.69) is 5.32 Å². The van der Waals surface area contributed by atoms with Crippen molar-refractivity contribution in [3.63, 3.8) is 0 Å². The smallest absolute Gasteiger partial charge is 0.243 e. The summed E-state index contributed by atoms with van der Waals surface area (Å²) in [5.74, 6) is -0.147. The predicted octanol–water partition coefficient (Wildman–Crippen LogP) is 3.77. The fourth-order valence-corrected chi connectivity index (χ4v) is 2.57. The molecule has 2 amide bonds. The summed E-state index contributed by atoms with van der Waals surface area (Å²) in [5, 5.41) is 3.58. The van der Waals surface area contributed by atoms with E-state index in [-0.39, 0.29) is 17.9 Å². The number of benzene rings is 1. The molecule has 0 bridgehead atoms. The Balaban J connectivity index is 3.01. The molecule has 0 saturated carbocycles. The van der Waals surface area contributed by atoms with Crippen molar-refractivity contribution in [2.45, 2.75) is 65.6 Å². The molecule has 0 aliphatic carbocycles. The first-order valence-corrected chi connectivity index (χ1v) is 8.65. The van der Waals surface area contributed by atoms with Crippen LogP contribution in [0.3, 0.4) is 0 Å². The van der Waals surface area contributed by atoms with Gasteiger partial charge in [0.1, 0.15) is 6.04 Å². The lowest BCUT2D eigenvalue weighted by atomic mass is 10.1. The van der Waals surface area contributed by atoms with Crippen LogP contribution in [-0.4, -0.2) is 28.8 Å². The molecular weight excluding hydrogens is 312 g/mol. The van der Waals surface area contributed by atoms with Crippen molar-refractivity contribution < 1.29 is 9.59 Å². The zero-order chi connectivity index (χ0) is 17.4. The standard InChI is InChI=1S/C18H27ClN2O2/c1-5-13(4)20-18(23)16(6-2)21(17(22)7-3)12-14-10-8-9-11-15(14)19/h8-11,13,16H,5-7,12H2,1-4H3,(H,20,23)/t13-,16-/m0/s1. The largest absolute Gasteiger partial charge is 0.352 e. The third-order valence-corrected chi connectivity index (χ3v) is 4.36. The summed E-state index contributed by atoms with van der Waals surface area (Å²) in [6.07, 6.45) is 1.78. The molecule has 4 nitrogen and oxygen atoms in total. The number of rotatable bonds is 8. The Morgan fingerprint density at radius 2 is 1.83 bits per heavy atom. The van der Waals surface area contributed by atoms with E-state index in [1.165, 1.54) is 0 Å². The van der Waals surface area contributed by atoms with Crippen LogP contribution in [0.15, 0.2) is 24.3 Å². The molecule has 0 fully saturated rings. The molecule has 0 saturated heterocycles. The maximum absolute atomic E-state index is 12.5. The number of carbonyl (C=O) groups excluding carboxylic acids is 2. The third kappa shape index (κ3) is 5.54. The molecule has 23 heavy (non-hydrogen) atoms. The van der Waals surface area contributed by atoms with Crippen molar-refractivity contribution in [1.29, 1.82) is 0 Å². The molecular formula is C18H27ClN2O2. The molecule has 2 atom stereocenters. The van der Waals surface area contributed by atoms with Crippen molar-refractivity contribution in [2.24, 2.45) is 0 Å². The summed E-state index contributed by atoms with van der Waals surface area (Å²) < 4.78 is 0. The maximum atomic E-state index is 12.5. The Morgan fingerprint density at radius 3 is 2.35 bits per heavy atom. The Bertz CT molecular complexity index is 534. The highest BCUT2D eigenvalue weighted by atomic mass is 35.5. The molecule has 1 rings (SSSR count). The van der Waals surface area contributed by atoms with Gasteiger partial charge in [0.05, 0.1) is 0 Å². The molecule has 0 aliphatic heterocycles. The Labute approximate surface area is 144 Å². The SMILES string of the molecule is CCC(=O)N(Cc1ccccc1Cl)[C@@H](CC)C(=O)N[C@@H](C)CC. The van der Waals surface area contributed by atoms with Crippen molar-refractivity contribution in [2.75, 3.05) is 0 Å². The van der Waals surface area contributed by atoms with Gasteiger partial charge in [-0.05, 0) is 31.4 Å². The van der Waals surface area contributed by atoms with Crippen LogP contribution < -0.4 is 5.32 Å². The van der Waals surface area contributed by atoms with E-state index in [4.69, 9.17) is 11.6 Å². The second-order valence-electron chi connectivity index (χ2n) is 5.71. The molecule has 0 aromatic heterocycles. The van der Waals surface area contributed by atoms with E-state index in [0.29, 0.717) is 24.4 Å². The summed E-state index contributed by atoms with van der Waals surface area (Å²) in [5.41, 5.74) is 0.853. The first kappa shape index (κ1) is 19.5. The van der Waals surface area contributed by atoms with Crippen LogP contribution in [0.5, 0.6) is 0 Å². The van der Waals surface area contributed by atoms with E-state index in [1.54, 1.807) is 17.9 Å². The van der Waals surface area contributed by atoms with Gasteiger partial charge in [-0.3, -0.25) is 9.59 Å². The van der Waals surface area contributed by atoms with E-state index >= 15 is 0 Å². The number of amides is 2. The average molecular weight is 339 g/mol. The fourth-order valence-electron chi connectivity index (χ4n) is 2.37. The zero-order valence-corrected chi connectivity index (χ0v) is 15.2. The summed E-state index contributed by atoms with van der Waals surface area (Å²) in [4.78, 5) is 26.6. The monoisotopic (exact) mass is 338 g/mol. The van der Waals surface area contributed by atoms with Gasteiger partial charge in [-0.2, -0.15) is 0 Å². The number of hydrogen-bond donors (Lipinski definition) is 1. The van der Waals surface area contributed by atoms with Crippen LogP contribution in [-0.2, 0) is 16.1 Å². The first-order valence-electron chi connectivity index (χ1n) is 8.27. The van der Waals surface area contributed by atoms with E-state index < -0.39 is 6.04 Å². The molecule has 0 spiro atoms. The second-order valence-corrected chi connectivity index (χ2v) is 6.12. The fraction of sp³-hybridized carbons (Fsp3) is 0.556. The summed E-state index contributed by atoms with van der Waals surface area (Å²) >= 11 is 6.21. The van der Waals surface area contributed by atoms with Crippen molar-refractivity contribution >= 4 is 23.4 Å². The molecule has 5 heteroatoms. The van der Waals surface area contributed by atoms with Crippen LogP contribution in [0.4, 0.5) is 0 Å². The topological polar surface area (TPSA) is 49.4 Å². The minimum atomic E-state index is -0.479. The van der Waals surface area contributed by atoms with Crippen LogP contribution in [0.25, 0.3) is 0 Å². The van der Waals surface area contributed by atoms with Crippen molar-refractivity contribution in [3.8, 4) is 0 Å². The highest BCUT2D eigenvalue weighted by molar-refractivity contribution is 6.31. The third-order valence-electron chi connectivity index (χ3n) is 3.99. The van der Waals surface area contributed by atoms with Gasteiger partial charge >= 0.3 is 0 Å². The number of carbonyl (C=O) groups is 2. The number of nitrogens with zero attached hydrogens (tertiary/aromatic N) is 1. The van der Waals surface area contributed by atoms with Crippen LogP contribution in [0.1, 0.15) is 52.5 Å². The number of nitrogens with one attached hydrogen (secondary N) is 1. The molecule has 0 heterocycles. The first-order chi connectivity index (χ1) is 10.9. The highest BCUT2D eigenvalue weighted by Crippen LogP contribution is 2.20. The number of halogens is 1. The minimum absolute atomic E-state index is 0.0453. The van der Waals surface area contributed by atoms with Gasteiger partial charge in [-0.1, -0.05) is 50.6 Å². The van der Waals surface area contributed by atoms with Gasteiger partial charge in [0.25, 0.3) is 0 Å². The maximum Gasteiger partial charge on any atom is 0.243 e. The molecule has 1 aromatic carbocycles. The van der Waals surface area contributed by atoms with E-state index in [1.807, 2.05) is 39.0 Å².